The normalized spacial score (nSPS) is 15.3. The molecular formula is C18H22ClNO3. The molecule has 0 spiro atoms. The van der Waals surface area contributed by atoms with Crippen molar-refractivity contribution in [2.24, 2.45) is 0 Å². The van der Waals surface area contributed by atoms with Gasteiger partial charge in [0.2, 0.25) is 0 Å². The Bertz CT molecular complexity index is 668. The van der Waals surface area contributed by atoms with Crippen molar-refractivity contribution in [1.29, 1.82) is 0 Å². The zero-order chi connectivity index (χ0) is 15.4. The fourth-order valence-electron chi connectivity index (χ4n) is 3.08. The van der Waals surface area contributed by atoms with Crippen LogP contribution in [-0.4, -0.2) is 48.8 Å². The third kappa shape index (κ3) is 4.44. The van der Waals surface area contributed by atoms with E-state index in [0.29, 0.717) is 0 Å². The van der Waals surface area contributed by atoms with Gasteiger partial charge in [0.1, 0.15) is 0 Å². The Labute approximate surface area is 142 Å². The van der Waals surface area contributed by atoms with Gasteiger partial charge in [0, 0.05) is 19.6 Å². The van der Waals surface area contributed by atoms with Gasteiger partial charge >= 0.3 is 5.97 Å². The van der Waals surface area contributed by atoms with E-state index < -0.39 is 5.97 Å². The fourth-order valence-corrected chi connectivity index (χ4v) is 3.08. The van der Waals surface area contributed by atoms with Gasteiger partial charge in [0.25, 0.3) is 0 Å². The molecule has 23 heavy (non-hydrogen) atoms. The molecule has 1 N–H and O–H groups in total. The van der Waals surface area contributed by atoms with Crippen LogP contribution in [0.1, 0.15) is 11.1 Å². The molecule has 0 aromatic heterocycles. The molecule has 2 aromatic rings. The Kier molecular flexibility index (Phi) is 6.39. The highest BCUT2D eigenvalue weighted by molar-refractivity contribution is 5.89. The van der Waals surface area contributed by atoms with Gasteiger partial charge in [0.05, 0.1) is 19.6 Å². The number of morpholine rings is 1. The Balaban J connectivity index is 0.00000192. The molecule has 1 aliphatic rings. The molecule has 124 valence electrons. The van der Waals surface area contributed by atoms with Crippen molar-refractivity contribution in [2.45, 2.75) is 12.8 Å². The van der Waals surface area contributed by atoms with Crippen LogP contribution >= 0.6 is 12.4 Å². The average molecular weight is 336 g/mol. The van der Waals surface area contributed by atoms with Crippen LogP contribution in [0, 0.1) is 0 Å². The molecule has 0 radical (unpaired) electrons. The lowest BCUT2D eigenvalue weighted by Crippen LogP contribution is -2.37. The van der Waals surface area contributed by atoms with E-state index in [9.17, 15) is 9.90 Å². The molecule has 2 aromatic carbocycles. The second kappa shape index (κ2) is 8.29. The maximum atomic E-state index is 11.2. The lowest BCUT2D eigenvalue weighted by atomic mass is 9.94. The first kappa shape index (κ1) is 17.7. The Morgan fingerprint density at radius 1 is 1.13 bits per heavy atom. The number of rotatable bonds is 5. The van der Waals surface area contributed by atoms with Gasteiger partial charge in [-0.3, -0.25) is 9.69 Å². The molecule has 0 aliphatic carbocycles. The van der Waals surface area contributed by atoms with Crippen molar-refractivity contribution in [3.05, 3.63) is 47.5 Å². The third-order valence-electron chi connectivity index (χ3n) is 4.27. The Hall–Kier alpha value is -1.62. The van der Waals surface area contributed by atoms with Crippen LogP contribution in [0.2, 0.25) is 0 Å². The second-order valence-electron chi connectivity index (χ2n) is 5.70. The number of fused-ring (bicyclic) bond motifs is 1. The van der Waals surface area contributed by atoms with E-state index in [1.165, 1.54) is 0 Å². The van der Waals surface area contributed by atoms with Crippen LogP contribution in [0.25, 0.3) is 10.8 Å². The summed E-state index contributed by atoms with van der Waals surface area (Å²) in [5.74, 6) is -0.774. The highest BCUT2D eigenvalue weighted by Gasteiger charge is 2.14. The SMILES string of the molecule is Cl.O=C(O)Cc1c(CCN2CCOCC2)ccc2ccccc12. The molecule has 0 atom stereocenters. The predicted octanol–water partition coefficient (Wildman–Crippen LogP) is 2.76. The summed E-state index contributed by atoms with van der Waals surface area (Å²) in [6.45, 7) is 4.46. The Morgan fingerprint density at radius 3 is 2.61 bits per heavy atom. The van der Waals surface area contributed by atoms with Crippen molar-refractivity contribution in [2.75, 3.05) is 32.8 Å². The fraction of sp³-hybridized carbons (Fsp3) is 0.389. The zero-order valence-corrected chi connectivity index (χ0v) is 13.8. The summed E-state index contributed by atoms with van der Waals surface area (Å²) >= 11 is 0. The topological polar surface area (TPSA) is 49.8 Å². The molecule has 1 aliphatic heterocycles. The lowest BCUT2D eigenvalue weighted by Gasteiger charge is -2.26. The van der Waals surface area contributed by atoms with Crippen LogP contribution in [0.5, 0.6) is 0 Å². The number of hydrogen-bond donors (Lipinski definition) is 1. The summed E-state index contributed by atoms with van der Waals surface area (Å²) in [7, 11) is 0. The van der Waals surface area contributed by atoms with E-state index in [4.69, 9.17) is 4.74 Å². The van der Waals surface area contributed by atoms with Crippen LogP contribution in [0.3, 0.4) is 0 Å². The number of halogens is 1. The maximum Gasteiger partial charge on any atom is 0.307 e. The van der Waals surface area contributed by atoms with E-state index in [1.54, 1.807) is 0 Å². The maximum absolute atomic E-state index is 11.2. The first-order valence-corrected chi connectivity index (χ1v) is 7.75. The van der Waals surface area contributed by atoms with Gasteiger partial charge in [-0.05, 0) is 28.3 Å². The molecule has 1 heterocycles. The van der Waals surface area contributed by atoms with E-state index in [1.807, 2.05) is 24.3 Å². The monoisotopic (exact) mass is 335 g/mol. The smallest absolute Gasteiger partial charge is 0.307 e. The third-order valence-corrected chi connectivity index (χ3v) is 4.27. The summed E-state index contributed by atoms with van der Waals surface area (Å²) in [6.07, 6.45) is 0.966. The molecule has 1 saturated heterocycles. The Morgan fingerprint density at radius 2 is 1.87 bits per heavy atom. The molecule has 4 nitrogen and oxygen atoms in total. The standard InChI is InChI=1S/C18H21NO3.ClH/c20-18(21)13-17-15(7-8-19-9-11-22-12-10-19)6-5-14-3-1-2-4-16(14)17;/h1-6H,7-13H2,(H,20,21);1H. The number of aliphatic carboxylic acids is 1. The number of carbonyl (C=O) groups is 1. The minimum atomic E-state index is -0.774. The average Bonchev–Trinajstić information content (AvgIpc) is 2.54. The first-order valence-electron chi connectivity index (χ1n) is 7.75. The largest absolute Gasteiger partial charge is 0.481 e. The lowest BCUT2D eigenvalue weighted by molar-refractivity contribution is -0.136. The summed E-state index contributed by atoms with van der Waals surface area (Å²) < 4.78 is 5.37. The van der Waals surface area contributed by atoms with Crippen molar-refractivity contribution in [1.82, 2.24) is 4.90 Å². The number of hydrogen-bond acceptors (Lipinski definition) is 3. The van der Waals surface area contributed by atoms with Crippen molar-refractivity contribution in [3.63, 3.8) is 0 Å². The molecule has 3 rings (SSSR count). The second-order valence-corrected chi connectivity index (χ2v) is 5.70. The molecule has 0 unspecified atom stereocenters. The van der Waals surface area contributed by atoms with Gasteiger partial charge < -0.3 is 9.84 Å². The van der Waals surface area contributed by atoms with Gasteiger partial charge in [-0.25, -0.2) is 0 Å². The number of ether oxygens (including phenoxy) is 1. The van der Waals surface area contributed by atoms with Gasteiger partial charge in [0.15, 0.2) is 0 Å². The van der Waals surface area contributed by atoms with Crippen molar-refractivity contribution < 1.29 is 14.6 Å². The molecule has 0 amide bonds. The predicted molar refractivity (Wildman–Crippen MR) is 93.5 cm³/mol. The minimum Gasteiger partial charge on any atom is -0.481 e. The van der Waals surface area contributed by atoms with Gasteiger partial charge in [-0.2, -0.15) is 0 Å². The van der Waals surface area contributed by atoms with E-state index >= 15 is 0 Å². The molecular weight excluding hydrogens is 314 g/mol. The first-order chi connectivity index (χ1) is 10.7. The number of benzene rings is 2. The van der Waals surface area contributed by atoms with Crippen molar-refractivity contribution >= 4 is 29.1 Å². The van der Waals surface area contributed by atoms with Crippen LogP contribution in [0.15, 0.2) is 36.4 Å². The quantitative estimate of drug-likeness (QED) is 0.912. The van der Waals surface area contributed by atoms with Crippen LogP contribution in [0.4, 0.5) is 0 Å². The summed E-state index contributed by atoms with van der Waals surface area (Å²) in [4.78, 5) is 13.6. The minimum absolute atomic E-state index is 0. The van der Waals surface area contributed by atoms with Crippen LogP contribution < -0.4 is 0 Å². The van der Waals surface area contributed by atoms with E-state index in [-0.39, 0.29) is 18.8 Å². The van der Waals surface area contributed by atoms with Crippen molar-refractivity contribution in [3.8, 4) is 0 Å². The molecule has 5 heteroatoms. The number of carboxylic acid groups (broad SMARTS) is 1. The number of carboxylic acids is 1. The van der Waals surface area contributed by atoms with Gasteiger partial charge in [-0.15, -0.1) is 12.4 Å². The van der Waals surface area contributed by atoms with E-state index in [2.05, 4.69) is 17.0 Å². The molecule has 0 bridgehead atoms. The summed E-state index contributed by atoms with van der Waals surface area (Å²) in [5, 5.41) is 11.4. The summed E-state index contributed by atoms with van der Waals surface area (Å²) in [6, 6.07) is 12.2. The van der Waals surface area contributed by atoms with Gasteiger partial charge in [-0.1, -0.05) is 36.4 Å². The molecule has 1 fully saturated rings. The van der Waals surface area contributed by atoms with E-state index in [0.717, 1.165) is 61.2 Å². The highest BCUT2D eigenvalue weighted by atomic mass is 35.5. The number of nitrogens with zero attached hydrogens (tertiary/aromatic N) is 1. The summed E-state index contributed by atoms with van der Waals surface area (Å²) in [5.41, 5.74) is 2.10. The highest BCUT2D eigenvalue weighted by Crippen LogP contribution is 2.24. The zero-order valence-electron chi connectivity index (χ0n) is 13.0. The molecule has 0 saturated carbocycles. The van der Waals surface area contributed by atoms with Crippen LogP contribution in [-0.2, 0) is 22.4 Å².